The second-order valence-electron chi connectivity index (χ2n) is 10.0. The number of halogens is 1. The minimum Gasteiger partial charge on any atom is -0.390 e. The molecule has 0 aromatic carbocycles. The molecule has 0 radical (unpaired) electrons. The summed E-state index contributed by atoms with van der Waals surface area (Å²) in [5.41, 5.74) is -0.561. The van der Waals surface area contributed by atoms with E-state index in [-0.39, 0.29) is 17.3 Å². The van der Waals surface area contributed by atoms with Crippen molar-refractivity contribution in [2.75, 3.05) is 0 Å². The first-order valence-corrected chi connectivity index (χ1v) is 10.1. The Morgan fingerprint density at radius 3 is 2.38 bits per heavy atom. The summed E-state index contributed by atoms with van der Waals surface area (Å²) in [6.45, 7) is 5.95. The van der Waals surface area contributed by atoms with Crippen molar-refractivity contribution in [3.63, 3.8) is 0 Å². The fourth-order valence-corrected chi connectivity index (χ4v) is 7.67. The Morgan fingerprint density at radius 1 is 1.00 bits per heavy atom. The van der Waals surface area contributed by atoms with E-state index in [4.69, 9.17) is 0 Å². The van der Waals surface area contributed by atoms with Crippen LogP contribution in [0.1, 0.15) is 72.1 Å². The molecule has 3 heteroatoms. The number of hydrogen-bond acceptors (Lipinski definition) is 2. The maximum absolute atomic E-state index is 15.1. The lowest BCUT2D eigenvalue weighted by molar-refractivity contribution is -0.137. The molecule has 0 heterocycles. The molecule has 0 saturated heterocycles. The van der Waals surface area contributed by atoms with Gasteiger partial charge in [0.05, 0.1) is 5.60 Å². The molecule has 0 aromatic rings. The lowest BCUT2D eigenvalue weighted by Crippen LogP contribution is -2.54. The van der Waals surface area contributed by atoms with E-state index >= 15 is 4.39 Å². The predicted molar refractivity (Wildman–Crippen MR) is 92.2 cm³/mol. The van der Waals surface area contributed by atoms with Gasteiger partial charge in [0.15, 0.2) is 0 Å². The van der Waals surface area contributed by atoms with Crippen LogP contribution in [0.15, 0.2) is 0 Å². The second-order valence-corrected chi connectivity index (χ2v) is 10.0. The SMILES string of the molecule is CC(=O)[C@H]1CCC2[C@@H]3C[C@@H](F)C4C[C@](C)(O)CC[C@@H]4C3CC[C@@]21C. The number of hydrogen-bond donors (Lipinski definition) is 1. The third-order valence-corrected chi connectivity index (χ3v) is 8.74. The van der Waals surface area contributed by atoms with Crippen molar-refractivity contribution >= 4 is 5.78 Å². The van der Waals surface area contributed by atoms with Gasteiger partial charge in [-0.15, -0.1) is 0 Å². The quantitative estimate of drug-likeness (QED) is 0.763. The second kappa shape index (κ2) is 5.53. The van der Waals surface area contributed by atoms with Crippen molar-refractivity contribution in [2.24, 2.45) is 40.9 Å². The monoisotopic (exact) mass is 336 g/mol. The average molecular weight is 336 g/mol. The van der Waals surface area contributed by atoms with Crippen LogP contribution in [0.4, 0.5) is 4.39 Å². The van der Waals surface area contributed by atoms with E-state index in [9.17, 15) is 9.90 Å². The number of ketones is 1. The van der Waals surface area contributed by atoms with Gasteiger partial charge in [0.1, 0.15) is 12.0 Å². The van der Waals surface area contributed by atoms with Crippen molar-refractivity contribution in [1.82, 2.24) is 0 Å². The molecule has 1 N–H and O–H groups in total. The van der Waals surface area contributed by atoms with Gasteiger partial charge in [0.25, 0.3) is 0 Å². The third kappa shape index (κ3) is 2.40. The van der Waals surface area contributed by atoms with Gasteiger partial charge in [-0.3, -0.25) is 4.79 Å². The van der Waals surface area contributed by atoms with E-state index in [2.05, 4.69) is 6.92 Å². The van der Waals surface area contributed by atoms with Gasteiger partial charge in [0.2, 0.25) is 0 Å². The van der Waals surface area contributed by atoms with Gasteiger partial charge in [-0.05, 0) is 100 Å². The number of carbonyl (C=O) groups excluding carboxylic acids is 1. The normalized spacial score (nSPS) is 57.0. The van der Waals surface area contributed by atoms with Gasteiger partial charge in [0, 0.05) is 5.92 Å². The number of aliphatic hydroxyl groups is 1. The minimum atomic E-state index is -0.762. The lowest BCUT2D eigenvalue weighted by atomic mass is 9.48. The molecule has 4 aliphatic carbocycles. The number of alkyl halides is 1. The number of rotatable bonds is 1. The standard InChI is InChI=1S/C21H33FO2/c1-12(23)17-4-5-18-15-10-19(22)16-11-20(2,24)8-6-14(16)13(15)7-9-21(17,18)3/h13-19,24H,4-11H2,1-3H3/t13?,14-,15-,16?,17-,18?,19-,20-,21-/m1/s1. The molecular formula is C21H33FO2. The van der Waals surface area contributed by atoms with Crippen LogP contribution >= 0.6 is 0 Å². The summed E-state index contributed by atoms with van der Waals surface area (Å²) >= 11 is 0. The van der Waals surface area contributed by atoms with Gasteiger partial charge >= 0.3 is 0 Å². The van der Waals surface area contributed by atoms with E-state index in [1.807, 2.05) is 6.92 Å². The van der Waals surface area contributed by atoms with Gasteiger partial charge < -0.3 is 5.11 Å². The predicted octanol–water partition coefficient (Wildman–Crippen LogP) is 4.54. The zero-order chi connectivity index (χ0) is 17.3. The Morgan fingerprint density at radius 2 is 1.67 bits per heavy atom. The first-order chi connectivity index (χ1) is 11.2. The Hall–Kier alpha value is -0.440. The molecule has 2 nitrogen and oxygen atoms in total. The van der Waals surface area contributed by atoms with E-state index in [0.29, 0.717) is 42.3 Å². The lowest BCUT2D eigenvalue weighted by Gasteiger charge is -2.57. The molecule has 4 fully saturated rings. The van der Waals surface area contributed by atoms with E-state index in [1.54, 1.807) is 6.92 Å². The van der Waals surface area contributed by atoms with Crippen molar-refractivity contribution in [2.45, 2.75) is 83.9 Å². The Kier molecular flexibility index (Phi) is 3.91. The smallest absolute Gasteiger partial charge is 0.133 e. The van der Waals surface area contributed by atoms with E-state index in [1.165, 1.54) is 0 Å². The summed E-state index contributed by atoms with van der Waals surface area (Å²) in [6, 6.07) is 0. The van der Waals surface area contributed by atoms with Crippen LogP contribution in [0.2, 0.25) is 0 Å². The van der Waals surface area contributed by atoms with Crippen LogP contribution in [0.25, 0.3) is 0 Å². The van der Waals surface area contributed by atoms with Gasteiger partial charge in [-0.1, -0.05) is 6.92 Å². The Labute approximate surface area is 145 Å². The first kappa shape index (κ1) is 17.0. The van der Waals surface area contributed by atoms with Crippen LogP contribution in [-0.4, -0.2) is 22.7 Å². The summed E-state index contributed by atoms with van der Waals surface area (Å²) in [5.74, 6) is 2.69. The van der Waals surface area contributed by atoms with E-state index in [0.717, 1.165) is 38.5 Å². The Balaban J connectivity index is 1.60. The van der Waals surface area contributed by atoms with E-state index < -0.39 is 11.8 Å². The molecule has 0 aromatic heterocycles. The largest absolute Gasteiger partial charge is 0.390 e. The van der Waals surface area contributed by atoms with Crippen molar-refractivity contribution in [3.8, 4) is 0 Å². The van der Waals surface area contributed by atoms with Crippen LogP contribution in [0.3, 0.4) is 0 Å². The average Bonchev–Trinajstić information content (AvgIpc) is 2.85. The summed E-state index contributed by atoms with van der Waals surface area (Å²) in [7, 11) is 0. The molecule has 4 rings (SSSR count). The van der Waals surface area contributed by atoms with Gasteiger partial charge in [-0.2, -0.15) is 0 Å². The van der Waals surface area contributed by atoms with Crippen molar-refractivity contribution in [1.29, 1.82) is 0 Å². The maximum atomic E-state index is 15.1. The topological polar surface area (TPSA) is 37.3 Å². The zero-order valence-electron chi connectivity index (χ0n) is 15.4. The highest BCUT2D eigenvalue weighted by atomic mass is 19.1. The molecule has 0 amide bonds. The van der Waals surface area contributed by atoms with Crippen LogP contribution in [0.5, 0.6) is 0 Å². The summed E-state index contributed by atoms with van der Waals surface area (Å²) in [5, 5.41) is 10.4. The molecule has 0 spiro atoms. The fraction of sp³-hybridized carbons (Fsp3) is 0.952. The molecule has 4 saturated carbocycles. The van der Waals surface area contributed by atoms with Gasteiger partial charge in [-0.25, -0.2) is 4.39 Å². The minimum absolute atomic E-state index is 0.0596. The molecule has 0 aliphatic heterocycles. The summed E-state index contributed by atoms with van der Waals surface area (Å²) in [4.78, 5) is 12.1. The first-order valence-electron chi connectivity index (χ1n) is 10.1. The number of carbonyl (C=O) groups is 1. The molecule has 9 atom stereocenters. The van der Waals surface area contributed by atoms with Crippen molar-refractivity contribution in [3.05, 3.63) is 0 Å². The highest BCUT2D eigenvalue weighted by molar-refractivity contribution is 5.79. The van der Waals surface area contributed by atoms with Crippen LogP contribution in [-0.2, 0) is 4.79 Å². The molecule has 0 bridgehead atoms. The van der Waals surface area contributed by atoms with Crippen LogP contribution in [0, 0.1) is 40.9 Å². The molecule has 24 heavy (non-hydrogen) atoms. The maximum Gasteiger partial charge on any atom is 0.133 e. The third-order valence-electron chi connectivity index (χ3n) is 8.74. The van der Waals surface area contributed by atoms with Crippen molar-refractivity contribution < 1.29 is 14.3 Å². The number of fused-ring (bicyclic) bond motifs is 5. The fourth-order valence-electron chi connectivity index (χ4n) is 7.67. The molecule has 3 unspecified atom stereocenters. The number of Topliss-reactive ketones (excluding diaryl/α,β-unsaturated/α-hetero) is 1. The zero-order valence-corrected chi connectivity index (χ0v) is 15.4. The van der Waals surface area contributed by atoms with Crippen LogP contribution < -0.4 is 0 Å². The Bertz CT molecular complexity index is 530. The highest BCUT2D eigenvalue weighted by Gasteiger charge is 2.60. The summed E-state index contributed by atoms with van der Waals surface area (Å²) in [6.07, 6.45) is 6.79. The highest BCUT2D eigenvalue weighted by Crippen LogP contribution is 2.64. The summed E-state index contributed by atoms with van der Waals surface area (Å²) < 4.78 is 15.1. The molecule has 4 aliphatic rings. The molecule has 136 valence electrons. The molecular weight excluding hydrogens is 303 g/mol.